The van der Waals surface area contributed by atoms with Crippen molar-refractivity contribution in [2.75, 3.05) is 54.9 Å². The maximum absolute atomic E-state index is 15.2. The molecule has 1 aromatic carbocycles. The van der Waals surface area contributed by atoms with Crippen LogP contribution >= 0.6 is 59.5 Å². The first kappa shape index (κ1) is 41.7. The van der Waals surface area contributed by atoms with Gasteiger partial charge in [-0.15, -0.1) is 36.2 Å². The van der Waals surface area contributed by atoms with Gasteiger partial charge in [0.15, 0.2) is 0 Å². The molecule has 18 heteroatoms. The van der Waals surface area contributed by atoms with Gasteiger partial charge < -0.3 is 25.8 Å². The normalized spacial score (nSPS) is 16.5. The Morgan fingerprint density at radius 1 is 1.10 bits per heavy atom. The number of thioether (sulfide) groups is 1. The van der Waals surface area contributed by atoms with Crippen molar-refractivity contribution in [3.8, 4) is 0 Å². The molecule has 0 aliphatic carbocycles. The number of halogens is 4. The fourth-order valence-corrected chi connectivity index (χ4v) is 6.84. The number of cyclic esters (lactones) is 1. The lowest BCUT2D eigenvalue weighted by Crippen LogP contribution is -2.43. The second-order valence-electron chi connectivity index (χ2n) is 10.8. The monoisotopic (exact) mass is 769 g/mol. The molecule has 48 heavy (non-hydrogen) atoms. The molecule has 3 heterocycles. The molecule has 0 unspecified atom stereocenters. The van der Waals surface area contributed by atoms with Crippen LogP contribution < -0.4 is 21.3 Å². The standard InChI is InChI=1S/C30H37ClFN5O7S2.2ClH/c31-25-10-9-24(46-25)28(40)37(26(38)6-2-4-14-45-29(41)22(34)5-1-3-11-33)17-20-16-36(30(42)44-20)23-8-7-19(15-21(23)32)35-12-13-43-18-27(35)39;;/h7-10,15,20,22H,1-6,11-14,16-18,33-34H2;2*1H/t20-,22+;;/m1../s1. The second-order valence-corrected chi connectivity index (χ2v) is 13.6. The minimum atomic E-state index is -0.926. The zero-order valence-electron chi connectivity index (χ0n) is 26.0. The maximum atomic E-state index is 15.2. The van der Waals surface area contributed by atoms with Gasteiger partial charge in [0.25, 0.3) is 11.8 Å². The summed E-state index contributed by atoms with van der Waals surface area (Å²) >= 11 is 8.17. The fourth-order valence-electron chi connectivity index (χ4n) is 4.97. The van der Waals surface area contributed by atoms with Crippen LogP contribution in [0.3, 0.4) is 0 Å². The summed E-state index contributed by atoms with van der Waals surface area (Å²) in [5, 5.41) is -0.108. The number of rotatable bonds is 15. The molecule has 4 amide bonds. The first-order valence-corrected chi connectivity index (χ1v) is 17.1. The number of nitrogens with zero attached hydrogens (tertiary/aromatic N) is 3. The number of nitrogens with two attached hydrogens (primary N) is 2. The molecule has 2 aliphatic heterocycles. The van der Waals surface area contributed by atoms with Gasteiger partial charge in [0.05, 0.1) is 40.6 Å². The third-order valence-electron chi connectivity index (χ3n) is 7.41. The highest BCUT2D eigenvalue weighted by atomic mass is 35.5. The second kappa shape index (κ2) is 20.2. The molecule has 4 rings (SSSR count). The summed E-state index contributed by atoms with van der Waals surface area (Å²) in [5.41, 5.74) is 11.7. The van der Waals surface area contributed by atoms with Gasteiger partial charge >= 0.3 is 6.09 Å². The minimum Gasteiger partial charge on any atom is -0.442 e. The Morgan fingerprint density at radius 2 is 1.88 bits per heavy atom. The van der Waals surface area contributed by atoms with Gasteiger partial charge in [-0.2, -0.15) is 0 Å². The number of benzene rings is 1. The lowest BCUT2D eigenvalue weighted by Gasteiger charge is -2.27. The molecule has 0 saturated carbocycles. The largest absolute Gasteiger partial charge is 0.442 e. The van der Waals surface area contributed by atoms with Gasteiger partial charge in [0.2, 0.25) is 11.0 Å². The molecule has 0 radical (unpaired) electrons. The molecule has 266 valence electrons. The quantitative estimate of drug-likeness (QED) is 0.244. The molecule has 2 aromatic rings. The molecule has 4 N–H and O–H groups in total. The Hall–Kier alpha value is -2.50. The van der Waals surface area contributed by atoms with Crippen LogP contribution in [0.15, 0.2) is 30.3 Å². The number of hydrogen-bond acceptors (Lipinski definition) is 11. The van der Waals surface area contributed by atoms with E-state index in [0.29, 0.717) is 48.2 Å². The van der Waals surface area contributed by atoms with Gasteiger partial charge in [-0.1, -0.05) is 29.8 Å². The van der Waals surface area contributed by atoms with E-state index in [4.69, 9.17) is 32.5 Å². The predicted octanol–water partition coefficient (Wildman–Crippen LogP) is 4.63. The summed E-state index contributed by atoms with van der Waals surface area (Å²) in [4.78, 5) is 67.7. The van der Waals surface area contributed by atoms with E-state index >= 15 is 4.39 Å². The van der Waals surface area contributed by atoms with Crippen LogP contribution in [0.25, 0.3) is 0 Å². The molecule has 2 fully saturated rings. The van der Waals surface area contributed by atoms with Crippen molar-refractivity contribution >= 4 is 99.8 Å². The maximum Gasteiger partial charge on any atom is 0.414 e. The van der Waals surface area contributed by atoms with Gasteiger partial charge in [0, 0.05) is 24.4 Å². The third-order valence-corrected chi connectivity index (χ3v) is 9.71. The average molecular weight is 771 g/mol. The van der Waals surface area contributed by atoms with Crippen LogP contribution in [0, 0.1) is 5.82 Å². The van der Waals surface area contributed by atoms with Crippen molar-refractivity contribution in [3.63, 3.8) is 0 Å². The fraction of sp³-hybridized carbons (Fsp3) is 0.500. The summed E-state index contributed by atoms with van der Waals surface area (Å²) in [6.45, 7) is 0.692. The van der Waals surface area contributed by atoms with Gasteiger partial charge in [-0.05, 0) is 62.6 Å². The van der Waals surface area contributed by atoms with Crippen molar-refractivity contribution in [1.29, 1.82) is 0 Å². The van der Waals surface area contributed by atoms with Crippen LogP contribution in [-0.4, -0.2) is 91.1 Å². The van der Waals surface area contributed by atoms with Crippen LogP contribution in [0.4, 0.5) is 20.6 Å². The van der Waals surface area contributed by atoms with Crippen LogP contribution in [0.2, 0.25) is 4.34 Å². The number of carbonyl (C=O) groups is 5. The first-order chi connectivity index (χ1) is 22.1. The molecule has 12 nitrogen and oxygen atoms in total. The summed E-state index contributed by atoms with van der Waals surface area (Å²) in [6.07, 6.45) is 1.37. The Labute approximate surface area is 303 Å². The average Bonchev–Trinajstić information content (AvgIpc) is 3.64. The van der Waals surface area contributed by atoms with Crippen molar-refractivity contribution in [3.05, 3.63) is 45.4 Å². The van der Waals surface area contributed by atoms with E-state index in [2.05, 4.69) is 0 Å². The van der Waals surface area contributed by atoms with E-state index in [9.17, 15) is 24.0 Å². The lowest BCUT2D eigenvalue weighted by molar-refractivity contribution is -0.129. The molecule has 1 aromatic heterocycles. The highest BCUT2D eigenvalue weighted by Crippen LogP contribution is 2.30. The van der Waals surface area contributed by atoms with Crippen LogP contribution in [-0.2, 0) is 23.9 Å². The van der Waals surface area contributed by atoms with Gasteiger partial charge in [-0.3, -0.25) is 29.0 Å². The molecular formula is C30H39Cl3FN5O7S2. The van der Waals surface area contributed by atoms with Crippen molar-refractivity contribution < 1.29 is 37.8 Å². The third kappa shape index (κ3) is 11.3. The van der Waals surface area contributed by atoms with E-state index < -0.39 is 35.9 Å². The summed E-state index contributed by atoms with van der Waals surface area (Å²) < 4.78 is 26.2. The van der Waals surface area contributed by atoms with E-state index in [0.717, 1.165) is 45.7 Å². The zero-order valence-corrected chi connectivity index (χ0v) is 30.0. The van der Waals surface area contributed by atoms with E-state index in [1.54, 1.807) is 6.07 Å². The summed E-state index contributed by atoms with van der Waals surface area (Å²) in [5.74, 6) is -1.63. The number of anilines is 2. The molecular weight excluding hydrogens is 732 g/mol. The van der Waals surface area contributed by atoms with Crippen LogP contribution in [0.5, 0.6) is 0 Å². The predicted molar refractivity (Wildman–Crippen MR) is 189 cm³/mol. The zero-order chi connectivity index (χ0) is 33.2. The molecule has 0 bridgehead atoms. The number of carbonyl (C=O) groups excluding carboxylic acids is 5. The highest BCUT2D eigenvalue weighted by Gasteiger charge is 2.38. The lowest BCUT2D eigenvalue weighted by atomic mass is 10.1. The molecule has 2 aliphatic rings. The highest BCUT2D eigenvalue weighted by molar-refractivity contribution is 8.13. The Bertz CT molecular complexity index is 1440. The number of hydrogen-bond donors (Lipinski definition) is 2. The van der Waals surface area contributed by atoms with Crippen molar-refractivity contribution in [1.82, 2.24) is 4.90 Å². The smallest absolute Gasteiger partial charge is 0.414 e. The number of ether oxygens (including phenoxy) is 2. The first-order valence-electron chi connectivity index (χ1n) is 15.0. The molecule has 0 spiro atoms. The van der Waals surface area contributed by atoms with Crippen molar-refractivity contribution in [2.24, 2.45) is 11.5 Å². The number of amides is 4. The van der Waals surface area contributed by atoms with Crippen LogP contribution in [0.1, 0.15) is 48.2 Å². The number of unbranched alkanes of at least 4 members (excludes halogenated alkanes) is 2. The SMILES string of the molecule is Cl.Cl.NCCCC[C@H](N)C(=O)SCCCCC(=O)N(C[C@H]1CN(c2ccc(N3CCOCC3=O)cc2F)C(=O)O1)C(=O)c1ccc(Cl)s1. The molecule has 2 saturated heterocycles. The molecule has 2 atom stereocenters. The topological polar surface area (TPSA) is 166 Å². The number of imide groups is 1. The van der Waals surface area contributed by atoms with Crippen molar-refractivity contribution in [2.45, 2.75) is 50.7 Å². The minimum absolute atomic E-state index is 0. The Morgan fingerprint density at radius 3 is 2.54 bits per heavy atom. The van der Waals surface area contributed by atoms with Gasteiger partial charge in [0.1, 0.15) is 18.5 Å². The van der Waals surface area contributed by atoms with E-state index in [1.807, 2.05) is 0 Å². The van der Waals surface area contributed by atoms with E-state index in [-0.39, 0.29) is 79.1 Å². The summed E-state index contributed by atoms with van der Waals surface area (Å²) in [7, 11) is 0. The Balaban J connectivity index is 0.00000400. The Kier molecular flexibility index (Phi) is 17.6. The number of thiophene rings is 1. The summed E-state index contributed by atoms with van der Waals surface area (Å²) in [6, 6.07) is 6.58. The van der Waals surface area contributed by atoms with Gasteiger partial charge in [-0.25, -0.2) is 9.18 Å². The van der Waals surface area contributed by atoms with E-state index in [1.165, 1.54) is 29.2 Å². The number of morpholine rings is 1.